The Morgan fingerprint density at radius 1 is 1.56 bits per heavy atom. The van der Waals surface area contributed by atoms with Gasteiger partial charge < -0.3 is 20.7 Å². The average Bonchev–Trinajstić information content (AvgIpc) is 2.14. The summed E-state index contributed by atoms with van der Waals surface area (Å²) in [7, 11) is 1.45. The normalized spacial score (nSPS) is 12.2. The third-order valence-corrected chi connectivity index (χ3v) is 2.32. The van der Waals surface area contributed by atoms with Crippen molar-refractivity contribution < 1.29 is 19.7 Å². The van der Waals surface area contributed by atoms with Crippen molar-refractivity contribution in [2.45, 2.75) is 19.4 Å². The van der Waals surface area contributed by atoms with Crippen LogP contribution in [0.5, 0.6) is 11.5 Å². The summed E-state index contributed by atoms with van der Waals surface area (Å²) < 4.78 is 5.08. The molecule has 1 rings (SSSR count). The molecule has 16 heavy (non-hydrogen) atoms. The molecule has 0 fully saturated rings. The second kappa shape index (κ2) is 4.85. The number of ether oxygens (including phenoxy) is 1. The molecule has 1 aromatic carbocycles. The quantitative estimate of drug-likeness (QED) is 0.715. The zero-order valence-corrected chi connectivity index (χ0v) is 9.23. The summed E-state index contributed by atoms with van der Waals surface area (Å²) in [6.45, 7) is 1.75. The van der Waals surface area contributed by atoms with Gasteiger partial charge in [0.1, 0.15) is 11.5 Å². The van der Waals surface area contributed by atoms with Gasteiger partial charge in [0, 0.05) is 17.7 Å². The van der Waals surface area contributed by atoms with Gasteiger partial charge in [-0.25, -0.2) is 0 Å². The van der Waals surface area contributed by atoms with Crippen LogP contribution in [0.3, 0.4) is 0 Å². The van der Waals surface area contributed by atoms with Gasteiger partial charge in [-0.2, -0.15) is 0 Å². The lowest BCUT2D eigenvalue weighted by Gasteiger charge is -2.17. The Kier molecular flexibility index (Phi) is 3.73. The summed E-state index contributed by atoms with van der Waals surface area (Å²) in [5.74, 6) is -0.492. The summed E-state index contributed by atoms with van der Waals surface area (Å²) in [5, 5.41) is 18.1. The van der Waals surface area contributed by atoms with Gasteiger partial charge in [-0.3, -0.25) is 4.79 Å². The van der Waals surface area contributed by atoms with Crippen LogP contribution in [0.2, 0.25) is 0 Å². The molecular weight excluding hydrogens is 210 g/mol. The number of carbonyl (C=O) groups is 1. The lowest BCUT2D eigenvalue weighted by atomic mass is 9.98. The topological polar surface area (TPSA) is 92.8 Å². The molecule has 0 amide bonds. The number of benzene rings is 1. The molecule has 1 unspecified atom stereocenters. The molecule has 88 valence electrons. The molecule has 0 saturated heterocycles. The third-order valence-electron chi connectivity index (χ3n) is 2.32. The van der Waals surface area contributed by atoms with E-state index in [4.69, 9.17) is 15.6 Å². The second-order valence-electron chi connectivity index (χ2n) is 3.58. The Hall–Kier alpha value is -1.75. The van der Waals surface area contributed by atoms with Crippen LogP contribution in [0.25, 0.3) is 0 Å². The molecular formula is C11H15NO4. The number of carboxylic acids is 1. The molecule has 0 aliphatic rings. The van der Waals surface area contributed by atoms with Gasteiger partial charge >= 0.3 is 5.97 Å². The van der Waals surface area contributed by atoms with Crippen molar-refractivity contribution in [2.75, 3.05) is 7.11 Å². The van der Waals surface area contributed by atoms with Gasteiger partial charge in [-0.05, 0) is 18.6 Å². The molecule has 4 N–H and O–H groups in total. The van der Waals surface area contributed by atoms with Crippen LogP contribution in [-0.2, 0) is 4.79 Å². The number of aromatic hydroxyl groups is 1. The first-order valence-corrected chi connectivity index (χ1v) is 4.80. The van der Waals surface area contributed by atoms with E-state index >= 15 is 0 Å². The Morgan fingerprint density at radius 3 is 2.69 bits per heavy atom. The molecule has 0 spiro atoms. The van der Waals surface area contributed by atoms with Crippen molar-refractivity contribution >= 4 is 5.97 Å². The van der Waals surface area contributed by atoms with E-state index in [2.05, 4.69) is 0 Å². The maximum Gasteiger partial charge on any atom is 0.305 e. The average molecular weight is 225 g/mol. The first-order chi connectivity index (χ1) is 7.45. The van der Waals surface area contributed by atoms with E-state index in [1.807, 2.05) is 0 Å². The molecule has 0 radical (unpaired) electrons. The maximum atomic E-state index is 10.6. The summed E-state index contributed by atoms with van der Waals surface area (Å²) in [4.78, 5) is 10.6. The van der Waals surface area contributed by atoms with Crippen LogP contribution in [-0.4, -0.2) is 23.3 Å². The number of phenolic OH excluding ortho intramolecular Hbond substituents is 1. The molecule has 0 aromatic heterocycles. The maximum absolute atomic E-state index is 10.6. The Morgan fingerprint density at radius 2 is 2.19 bits per heavy atom. The van der Waals surface area contributed by atoms with Crippen LogP contribution >= 0.6 is 0 Å². The first kappa shape index (κ1) is 12.3. The molecule has 0 aliphatic carbocycles. The molecule has 5 heteroatoms. The van der Waals surface area contributed by atoms with E-state index in [-0.39, 0.29) is 12.2 Å². The van der Waals surface area contributed by atoms with E-state index < -0.39 is 12.0 Å². The molecule has 5 nitrogen and oxygen atoms in total. The molecule has 0 aliphatic heterocycles. The zero-order valence-electron chi connectivity index (χ0n) is 9.23. The van der Waals surface area contributed by atoms with E-state index in [1.54, 1.807) is 6.92 Å². The highest BCUT2D eigenvalue weighted by atomic mass is 16.5. The van der Waals surface area contributed by atoms with Crippen molar-refractivity contribution in [1.29, 1.82) is 0 Å². The van der Waals surface area contributed by atoms with E-state index in [0.29, 0.717) is 16.9 Å². The number of rotatable bonds is 4. The van der Waals surface area contributed by atoms with Crippen LogP contribution in [0.15, 0.2) is 12.1 Å². The highest BCUT2D eigenvalue weighted by Gasteiger charge is 2.18. The molecule has 1 atom stereocenters. The van der Waals surface area contributed by atoms with Crippen molar-refractivity contribution in [3.05, 3.63) is 23.3 Å². The van der Waals surface area contributed by atoms with Crippen LogP contribution < -0.4 is 10.5 Å². The molecule has 0 heterocycles. The lowest BCUT2D eigenvalue weighted by molar-refractivity contribution is -0.137. The largest absolute Gasteiger partial charge is 0.508 e. The van der Waals surface area contributed by atoms with Crippen molar-refractivity contribution in [1.82, 2.24) is 0 Å². The van der Waals surface area contributed by atoms with Gasteiger partial charge in [0.25, 0.3) is 0 Å². The Bertz CT molecular complexity index is 403. The number of aliphatic carboxylic acids is 1. The fraction of sp³-hybridized carbons (Fsp3) is 0.364. The number of nitrogens with two attached hydrogens (primary N) is 1. The van der Waals surface area contributed by atoms with Crippen LogP contribution in [0, 0.1) is 6.92 Å². The van der Waals surface area contributed by atoms with Crippen LogP contribution in [0.1, 0.15) is 23.6 Å². The summed E-state index contributed by atoms with van der Waals surface area (Å²) in [6, 6.07) is 2.30. The molecule has 0 saturated carbocycles. The van der Waals surface area contributed by atoms with E-state index in [1.165, 1.54) is 19.2 Å². The van der Waals surface area contributed by atoms with Gasteiger partial charge in [0.2, 0.25) is 0 Å². The van der Waals surface area contributed by atoms with Gasteiger partial charge in [-0.1, -0.05) is 0 Å². The number of aryl methyl sites for hydroxylation is 1. The number of methoxy groups -OCH3 is 1. The fourth-order valence-electron chi connectivity index (χ4n) is 1.68. The van der Waals surface area contributed by atoms with E-state index in [0.717, 1.165) is 0 Å². The predicted octanol–water partition coefficient (Wildman–Crippen LogP) is 1.18. The third kappa shape index (κ3) is 2.64. The first-order valence-electron chi connectivity index (χ1n) is 4.80. The number of phenols is 1. The SMILES string of the molecule is COc1cc(O)cc(C)c1C(N)CC(=O)O. The molecule has 1 aromatic rings. The minimum absolute atomic E-state index is 0.0700. The van der Waals surface area contributed by atoms with Gasteiger partial charge in [0.05, 0.1) is 13.5 Å². The number of carboxylic acid groups (broad SMARTS) is 1. The Labute approximate surface area is 93.5 Å². The summed E-state index contributed by atoms with van der Waals surface area (Å²) >= 11 is 0. The highest BCUT2D eigenvalue weighted by Crippen LogP contribution is 2.32. The molecule has 0 bridgehead atoms. The smallest absolute Gasteiger partial charge is 0.305 e. The second-order valence-corrected chi connectivity index (χ2v) is 3.58. The van der Waals surface area contributed by atoms with Crippen molar-refractivity contribution in [3.63, 3.8) is 0 Å². The van der Waals surface area contributed by atoms with E-state index in [9.17, 15) is 9.90 Å². The van der Waals surface area contributed by atoms with Gasteiger partial charge in [-0.15, -0.1) is 0 Å². The number of hydrogen-bond acceptors (Lipinski definition) is 4. The lowest BCUT2D eigenvalue weighted by Crippen LogP contribution is -2.17. The van der Waals surface area contributed by atoms with Gasteiger partial charge in [0.15, 0.2) is 0 Å². The standard InChI is InChI=1S/C11H15NO4/c1-6-3-7(13)4-9(16-2)11(6)8(12)5-10(14)15/h3-4,8,13H,5,12H2,1-2H3,(H,14,15). The fourth-order valence-corrected chi connectivity index (χ4v) is 1.68. The Balaban J connectivity index is 3.15. The number of hydrogen-bond donors (Lipinski definition) is 3. The predicted molar refractivity (Wildman–Crippen MR) is 58.6 cm³/mol. The zero-order chi connectivity index (χ0) is 12.3. The van der Waals surface area contributed by atoms with Crippen molar-refractivity contribution in [2.24, 2.45) is 5.73 Å². The monoisotopic (exact) mass is 225 g/mol. The highest BCUT2D eigenvalue weighted by molar-refractivity contribution is 5.68. The van der Waals surface area contributed by atoms with Crippen LogP contribution in [0.4, 0.5) is 0 Å². The summed E-state index contributed by atoms with van der Waals surface area (Å²) in [6.07, 6.45) is -0.179. The summed E-state index contributed by atoms with van der Waals surface area (Å²) in [5.41, 5.74) is 7.11. The minimum atomic E-state index is -0.970. The van der Waals surface area contributed by atoms with Crippen molar-refractivity contribution in [3.8, 4) is 11.5 Å². The minimum Gasteiger partial charge on any atom is -0.508 e.